The Kier molecular flexibility index (Phi) is 18.0. The van der Waals surface area contributed by atoms with Crippen molar-refractivity contribution < 1.29 is 0 Å². The van der Waals surface area contributed by atoms with E-state index in [1.165, 1.54) is 4.90 Å². The van der Waals surface area contributed by atoms with Crippen molar-refractivity contribution in [3.05, 3.63) is 54.3 Å². The average Bonchev–Trinajstić information content (AvgIpc) is 2.51. The van der Waals surface area contributed by atoms with Gasteiger partial charge in [-0.2, -0.15) is 0 Å². The van der Waals surface area contributed by atoms with Crippen molar-refractivity contribution in [2.75, 3.05) is 0 Å². The van der Waals surface area contributed by atoms with Crippen LogP contribution in [0.2, 0.25) is 0 Å². The highest BCUT2D eigenvalue weighted by molar-refractivity contribution is 7.97. The lowest BCUT2D eigenvalue weighted by atomic mass is 10.3. The molecular weight excluding hydrogens is 262 g/mol. The monoisotopic (exact) mass is 289 g/mol. The molecule has 1 aromatic rings. The van der Waals surface area contributed by atoms with Gasteiger partial charge in [-0.15, -0.1) is 12.3 Å². The summed E-state index contributed by atoms with van der Waals surface area (Å²) in [5.74, 6) is 2.25. The molecule has 0 heterocycles. The Morgan fingerprint density at radius 1 is 1.30 bits per heavy atom. The highest BCUT2D eigenvalue weighted by atomic mass is 32.2. The third-order valence-electron chi connectivity index (χ3n) is 1.87. The van der Waals surface area contributed by atoms with E-state index in [-0.39, 0.29) is 0 Å². The molecule has 1 rings (SSSR count). The van der Waals surface area contributed by atoms with Crippen LogP contribution >= 0.6 is 11.9 Å². The van der Waals surface area contributed by atoms with Gasteiger partial charge >= 0.3 is 0 Å². The van der Waals surface area contributed by atoms with Crippen molar-refractivity contribution in [2.24, 2.45) is 0 Å². The lowest BCUT2D eigenvalue weighted by molar-refractivity contribution is 1.19. The molecule has 0 bridgehead atoms. The summed E-state index contributed by atoms with van der Waals surface area (Å²) in [6, 6.07) is 10.3. The summed E-state index contributed by atoms with van der Waals surface area (Å²) in [7, 11) is 0. The van der Waals surface area contributed by atoms with Crippen LogP contribution in [0, 0.1) is 12.3 Å². The fourth-order valence-electron chi connectivity index (χ4n) is 1.04. The van der Waals surface area contributed by atoms with Crippen LogP contribution in [-0.2, 0) is 0 Å². The SMILES string of the molecule is C#CC.C/C=C(\C=C/CC)NSc1ccccc1.CC. The zero-order valence-electron chi connectivity index (χ0n) is 13.3. The topological polar surface area (TPSA) is 12.0 Å². The highest BCUT2D eigenvalue weighted by Crippen LogP contribution is 2.15. The minimum atomic E-state index is 1.06. The van der Waals surface area contributed by atoms with Crippen LogP contribution in [-0.4, -0.2) is 0 Å². The number of nitrogens with one attached hydrogen (secondary N) is 1. The summed E-state index contributed by atoms with van der Waals surface area (Å²) in [6.45, 7) is 9.82. The van der Waals surface area contributed by atoms with Crippen molar-refractivity contribution >= 4 is 11.9 Å². The molecule has 1 aromatic carbocycles. The van der Waals surface area contributed by atoms with Gasteiger partial charge in [-0.05, 0) is 50.4 Å². The second-order valence-corrected chi connectivity index (χ2v) is 4.24. The molecule has 2 heteroatoms. The molecule has 0 atom stereocenters. The van der Waals surface area contributed by atoms with Crippen LogP contribution < -0.4 is 4.72 Å². The van der Waals surface area contributed by atoms with Gasteiger partial charge in [0.05, 0.1) is 0 Å². The molecule has 110 valence electrons. The van der Waals surface area contributed by atoms with Gasteiger partial charge in [0.25, 0.3) is 0 Å². The largest absolute Gasteiger partial charge is 0.326 e. The predicted molar refractivity (Wildman–Crippen MR) is 94.5 cm³/mol. The van der Waals surface area contributed by atoms with E-state index < -0.39 is 0 Å². The van der Waals surface area contributed by atoms with Crippen LogP contribution in [0.5, 0.6) is 0 Å². The van der Waals surface area contributed by atoms with Crippen molar-refractivity contribution in [1.29, 1.82) is 0 Å². The smallest absolute Gasteiger partial charge is 0.0397 e. The van der Waals surface area contributed by atoms with Gasteiger partial charge in [0.2, 0.25) is 0 Å². The molecule has 0 spiro atoms. The highest BCUT2D eigenvalue weighted by Gasteiger charge is 1.92. The molecule has 20 heavy (non-hydrogen) atoms. The summed E-state index contributed by atoms with van der Waals surface area (Å²) >= 11 is 1.63. The molecule has 0 aliphatic rings. The molecule has 0 fully saturated rings. The number of hydrogen-bond donors (Lipinski definition) is 1. The zero-order chi connectivity index (χ0) is 15.6. The zero-order valence-corrected chi connectivity index (χ0v) is 14.1. The molecule has 0 aromatic heterocycles. The first-order valence-corrected chi connectivity index (χ1v) is 7.78. The lowest BCUT2D eigenvalue weighted by Crippen LogP contribution is -1.99. The fourth-order valence-corrected chi connectivity index (χ4v) is 1.76. The van der Waals surface area contributed by atoms with E-state index in [9.17, 15) is 0 Å². The summed E-state index contributed by atoms with van der Waals surface area (Å²) in [6.07, 6.45) is 12.0. The summed E-state index contributed by atoms with van der Waals surface area (Å²) < 4.78 is 3.31. The van der Waals surface area contributed by atoms with Gasteiger partial charge in [0, 0.05) is 10.6 Å². The van der Waals surface area contributed by atoms with Crippen LogP contribution in [0.4, 0.5) is 0 Å². The van der Waals surface area contributed by atoms with Crippen LogP contribution in [0.1, 0.15) is 41.0 Å². The predicted octanol–water partition coefficient (Wildman–Crippen LogP) is 5.82. The molecule has 0 unspecified atom stereocenters. The Hall–Kier alpha value is -1.59. The third kappa shape index (κ3) is 12.9. The van der Waals surface area contributed by atoms with E-state index in [2.05, 4.69) is 54.4 Å². The Morgan fingerprint density at radius 3 is 2.30 bits per heavy atom. The van der Waals surface area contributed by atoms with E-state index in [4.69, 9.17) is 0 Å². The molecule has 0 aliphatic heterocycles. The Bertz CT molecular complexity index is 399. The third-order valence-corrected chi connectivity index (χ3v) is 2.72. The number of allylic oxidation sites excluding steroid dienone is 3. The lowest BCUT2D eigenvalue weighted by Gasteiger charge is -2.05. The van der Waals surface area contributed by atoms with E-state index in [0.29, 0.717) is 0 Å². The van der Waals surface area contributed by atoms with Crippen LogP contribution in [0.25, 0.3) is 0 Å². The van der Waals surface area contributed by atoms with E-state index >= 15 is 0 Å². The van der Waals surface area contributed by atoms with Gasteiger partial charge in [0.1, 0.15) is 0 Å². The number of terminal acetylenes is 1. The number of hydrogen-bond acceptors (Lipinski definition) is 2. The second-order valence-electron chi connectivity index (χ2n) is 3.36. The molecule has 0 amide bonds. The van der Waals surface area contributed by atoms with Crippen molar-refractivity contribution in [3.63, 3.8) is 0 Å². The first-order chi connectivity index (χ1) is 9.78. The van der Waals surface area contributed by atoms with Crippen molar-refractivity contribution in [1.82, 2.24) is 4.72 Å². The molecule has 0 saturated heterocycles. The van der Waals surface area contributed by atoms with Gasteiger partial charge in [0.15, 0.2) is 0 Å². The molecule has 0 aliphatic carbocycles. The van der Waals surface area contributed by atoms with Crippen LogP contribution in [0.15, 0.2) is 59.2 Å². The summed E-state index contributed by atoms with van der Waals surface area (Å²) in [5.41, 5.74) is 1.14. The maximum atomic E-state index is 4.60. The van der Waals surface area contributed by atoms with Gasteiger partial charge in [-0.25, -0.2) is 0 Å². The normalized spacial score (nSPS) is 9.70. The maximum Gasteiger partial charge on any atom is 0.0397 e. The Labute approximate surface area is 129 Å². The standard InChI is InChI=1S/C13H17NS.C3H4.C2H6/c1-3-5-9-12(4-2)14-15-13-10-7-6-8-11-13;1-3-2;1-2/h4-11,14H,3H2,1-2H3;1H,2H3;1-2H3/b9-5-,12-4+;;. The molecule has 1 nitrogen and oxygen atoms in total. The van der Waals surface area contributed by atoms with E-state index in [1.807, 2.05) is 39.0 Å². The molecule has 0 saturated carbocycles. The molecular formula is C18H27NS. The number of rotatable bonds is 5. The van der Waals surface area contributed by atoms with Crippen molar-refractivity contribution in [2.45, 2.75) is 45.9 Å². The second kappa shape index (κ2) is 17.4. The summed E-state index contributed by atoms with van der Waals surface area (Å²) in [5, 5.41) is 0. The van der Waals surface area contributed by atoms with Gasteiger partial charge in [-0.3, -0.25) is 0 Å². The fraction of sp³-hybridized carbons (Fsp3) is 0.333. The Morgan fingerprint density at radius 2 is 1.85 bits per heavy atom. The van der Waals surface area contributed by atoms with E-state index in [0.717, 1.165) is 12.1 Å². The quantitative estimate of drug-likeness (QED) is 0.416. The number of benzene rings is 1. The minimum absolute atomic E-state index is 1.06. The maximum absolute atomic E-state index is 4.60. The van der Waals surface area contributed by atoms with Gasteiger partial charge in [-0.1, -0.05) is 51.1 Å². The molecule has 0 radical (unpaired) electrons. The Balaban J connectivity index is 0. The summed E-state index contributed by atoms with van der Waals surface area (Å²) in [4.78, 5) is 1.22. The minimum Gasteiger partial charge on any atom is -0.326 e. The first kappa shape index (κ1) is 20.7. The first-order valence-electron chi connectivity index (χ1n) is 6.96. The average molecular weight is 289 g/mol. The van der Waals surface area contributed by atoms with E-state index in [1.54, 1.807) is 18.9 Å². The van der Waals surface area contributed by atoms with Gasteiger partial charge < -0.3 is 4.72 Å². The van der Waals surface area contributed by atoms with Crippen molar-refractivity contribution in [3.8, 4) is 12.3 Å². The molecule has 1 N–H and O–H groups in total. The van der Waals surface area contributed by atoms with Crippen LogP contribution in [0.3, 0.4) is 0 Å².